The molecule has 1 fully saturated rings. The number of ether oxygens (including phenoxy) is 2. The second kappa shape index (κ2) is 7.72. The molecule has 1 aliphatic heterocycles. The summed E-state index contributed by atoms with van der Waals surface area (Å²) in [6.45, 7) is 1.02. The van der Waals surface area contributed by atoms with E-state index in [1.54, 1.807) is 24.3 Å². The second-order valence-electron chi connectivity index (χ2n) is 7.06. The number of benzene rings is 2. The van der Waals surface area contributed by atoms with E-state index in [0.717, 1.165) is 31.2 Å². The van der Waals surface area contributed by atoms with Crippen LogP contribution in [0.25, 0.3) is 0 Å². The third-order valence-corrected chi connectivity index (χ3v) is 5.63. The van der Waals surface area contributed by atoms with E-state index in [9.17, 15) is 9.59 Å². The number of nitrogens with one attached hydrogen (secondary N) is 2. The molecule has 0 saturated heterocycles. The summed E-state index contributed by atoms with van der Waals surface area (Å²) in [5.41, 5.74) is 5.74. The summed E-state index contributed by atoms with van der Waals surface area (Å²) in [4.78, 5) is 25.4. The molecule has 0 unspecified atom stereocenters. The average Bonchev–Trinajstić information content (AvgIpc) is 3.23. The molecule has 2 amide bonds. The summed E-state index contributed by atoms with van der Waals surface area (Å²) in [6.07, 6.45) is 3.34. The van der Waals surface area contributed by atoms with E-state index in [1.165, 1.54) is 0 Å². The van der Waals surface area contributed by atoms with Gasteiger partial charge in [0.25, 0.3) is 5.91 Å². The summed E-state index contributed by atoms with van der Waals surface area (Å²) in [7, 11) is 0. The monoisotopic (exact) mass is 400 g/mol. The lowest BCUT2D eigenvalue weighted by molar-refractivity contribution is -0.127. The predicted molar refractivity (Wildman–Crippen MR) is 105 cm³/mol. The van der Waals surface area contributed by atoms with Crippen LogP contribution in [0.1, 0.15) is 41.6 Å². The number of rotatable bonds is 3. The zero-order valence-corrected chi connectivity index (χ0v) is 16.1. The lowest BCUT2D eigenvalue weighted by atomic mass is 9.78. The molecule has 7 heteroatoms. The van der Waals surface area contributed by atoms with Crippen molar-refractivity contribution < 1.29 is 19.1 Å². The van der Waals surface area contributed by atoms with Gasteiger partial charge in [0.05, 0.1) is 5.41 Å². The molecule has 2 aliphatic rings. The van der Waals surface area contributed by atoms with Crippen LogP contribution in [0.15, 0.2) is 42.5 Å². The summed E-state index contributed by atoms with van der Waals surface area (Å²) < 4.78 is 11.3. The van der Waals surface area contributed by atoms with E-state index in [0.29, 0.717) is 35.3 Å². The molecule has 2 aromatic carbocycles. The Balaban J connectivity index is 1.51. The molecule has 146 valence electrons. The zero-order chi connectivity index (χ0) is 19.6. The summed E-state index contributed by atoms with van der Waals surface area (Å²) in [5.74, 6) is 0.747. The second-order valence-corrected chi connectivity index (χ2v) is 7.50. The molecule has 0 spiro atoms. The fourth-order valence-corrected chi connectivity index (χ4v) is 4.00. The normalized spacial score (nSPS) is 17.0. The molecular formula is C21H21ClN2O4. The van der Waals surface area contributed by atoms with Crippen molar-refractivity contribution in [1.82, 2.24) is 10.9 Å². The van der Waals surface area contributed by atoms with Gasteiger partial charge in [-0.1, -0.05) is 30.5 Å². The van der Waals surface area contributed by atoms with Crippen molar-refractivity contribution in [3.05, 3.63) is 58.6 Å². The van der Waals surface area contributed by atoms with Crippen LogP contribution in [0.2, 0.25) is 5.02 Å². The largest absolute Gasteiger partial charge is 0.486 e. The SMILES string of the molecule is O=C(NNC(=O)C1(c2ccc3c(c2)OCCO3)CCCC1)c1ccc(Cl)cc1. The number of hydrogen-bond acceptors (Lipinski definition) is 4. The van der Waals surface area contributed by atoms with Crippen molar-refractivity contribution in [1.29, 1.82) is 0 Å². The Morgan fingerprint density at radius 3 is 2.29 bits per heavy atom. The van der Waals surface area contributed by atoms with Gasteiger partial charge in [0.1, 0.15) is 13.2 Å². The summed E-state index contributed by atoms with van der Waals surface area (Å²) in [5, 5.41) is 0.545. The smallest absolute Gasteiger partial charge is 0.269 e. The van der Waals surface area contributed by atoms with Crippen LogP contribution in [-0.2, 0) is 10.2 Å². The van der Waals surface area contributed by atoms with Crippen molar-refractivity contribution in [3.63, 3.8) is 0 Å². The van der Waals surface area contributed by atoms with Crippen LogP contribution >= 0.6 is 11.6 Å². The van der Waals surface area contributed by atoms with E-state index in [2.05, 4.69) is 10.9 Å². The third-order valence-electron chi connectivity index (χ3n) is 5.38. The highest BCUT2D eigenvalue weighted by Gasteiger charge is 2.43. The van der Waals surface area contributed by atoms with Gasteiger partial charge in [-0.15, -0.1) is 0 Å². The average molecular weight is 401 g/mol. The minimum absolute atomic E-state index is 0.219. The van der Waals surface area contributed by atoms with Gasteiger partial charge >= 0.3 is 0 Å². The van der Waals surface area contributed by atoms with Gasteiger partial charge in [0.2, 0.25) is 5.91 Å². The molecule has 0 aromatic heterocycles. The van der Waals surface area contributed by atoms with Crippen LogP contribution in [0, 0.1) is 0 Å². The fourth-order valence-electron chi connectivity index (χ4n) is 3.87. The van der Waals surface area contributed by atoms with Gasteiger partial charge in [-0.25, -0.2) is 0 Å². The van der Waals surface area contributed by atoms with Crippen molar-refractivity contribution >= 4 is 23.4 Å². The molecule has 28 heavy (non-hydrogen) atoms. The minimum Gasteiger partial charge on any atom is -0.486 e. The van der Waals surface area contributed by atoms with Gasteiger partial charge in [-0.05, 0) is 54.8 Å². The van der Waals surface area contributed by atoms with Crippen molar-refractivity contribution in [2.45, 2.75) is 31.1 Å². The van der Waals surface area contributed by atoms with E-state index in [1.807, 2.05) is 18.2 Å². The lowest BCUT2D eigenvalue weighted by Gasteiger charge is -2.29. The Morgan fingerprint density at radius 1 is 0.893 bits per heavy atom. The standard InChI is InChI=1S/C21H21ClN2O4/c22-16-6-3-14(4-7-16)19(25)23-24-20(26)21(9-1-2-10-21)15-5-8-17-18(13-15)28-12-11-27-17/h3-8,13H,1-2,9-12H2,(H,23,25)(H,24,26). The molecule has 0 bridgehead atoms. The maximum absolute atomic E-state index is 13.1. The summed E-state index contributed by atoms with van der Waals surface area (Å²) in [6, 6.07) is 12.1. The lowest BCUT2D eigenvalue weighted by Crippen LogP contribution is -2.50. The highest BCUT2D eigenvalue weighted by molar-refractivity contribution is 6.30. The molecule has 4 rings (SSSR count). The van der Waals surface area contributed by atoms with Crippen LogP contribution < -0.4 is 20.3 Å². The van der Waals surface area contributed by atoms with Crippen molar-refractivity contribution in [3.8, 4) is 11.5 Å². The van der Waals surface area contributed by atoms with E-state index >= 15 is 0 Å². The molecule has 2 aromatic rings. The Hall–Kier alpha value is -2.73. The third kappa shape index (κ3) is 3.52. The highest BCUT2D eigenvalue weighted by atomic mass is 35.5. The quantitative estimate of drug-likeness (QED) is 0.774. The summed E-state index contributed by atoms with van der Waals surface area (Å²) >= 11 is 5.85. The highest BCUT2D eigenvalue weighted by Crippen LogP contribution is 2.44. The number of carbonyl (C=O) groups is 2. The molecule has 1 heterocycles. The van der Waals surface area contributed by atoms with Gasteiger partial charge in [-0.2, -0.15) is 0 Å². The van der Waals surface area contributed by atoms with Gasteiger partial charge in [0, 0.05) is 10.6 Å². The molecule has 1 aliphatic carbocycles. The zero-order valence-electron chi connectivity index (χ0n) is 15.3. The van der Waals surface area contributed by atoms with Crippen LogP contribution in [0.5, 0.6) is 11.5 Å². The van der Waals surface area contributed by atoms with Crippen molar-refractivity contribution in [2.24, 2.45) is 0 Å². The first-order chi connectivity index (χ1) is 13.6. The van der Waals surface area contributed by atoms with Crippen LogP contribution in [0.4, 0.5) is 0 Å². The fraction of sp³-hybridized carbons (Fsp3) is 0.333. The molecule has 6 nitrogen and oxygen atoms in total. The van der Waals surface area contributed by atoms with Gasteiger partial charge < -0.3 is 9.47 Å². The maximum Gasteiger partial charge on any atom is 0.269 e. The molecule has 1 saturated carbocycles. The number of halogens is 1. The van der Waals surface area contributed by atoms with E-state index in [4.69, 9.17) is 21.1 Å². The molecule has 0 radical (unpaired) electrons. The predicted octanol–water partition coefficient (Wildman–Crippen LogP) is 3.38. The van der Waals surface area contributed by atoms with Crippen LogP contribution in [-0.4, -0.2) is 25.0 Å². The first-order valence-electron chi connectivity index (χ1n) is 9.35. The number of hydrogen-bond donors (Lipinski definition) is 2. The Morgan fingerprint density at radius 2 is 1.57 bits per heavy atom. The Kier molecular flexibility index (Phi) is 5.13. The molecule has 0 atom stereocenters. The van der Waals surface area contributed by atoms with Gasteiger partial charge in [-0.3, -0.25) is 20.4 Å². The topological polar surface area (TPSA) is 76.7 Å². The van der Waals surface area contributed by atoms with Crippen LogP contribution in [0.3, 0.4) is 0 Å². The van der Waals surface area contributed by atoms with E-state index < -0.39 is 5.41 Å². The maximum atomic E-state index is 13.1. The number of carbonyl (C=O) groups excluding carboxylic acids is 2. The number of fused-ring (bicyclic) bond motifs is 1. The Bertz CT molecular complexity index is 892. The Labute approximate surface area is 168 Å². The number of hydrazine groups is 1. The first-order valence-corrected chi connectivity index (χ1v) is 9.73. The van der Waals surface area contributed by atoms with Gasteiger partial charge in [0.15, 0.2) is 11.5 Å². The first kappa shape index (κ1) is 18.6. The molecular weight excluding hydrogens is 380 g/mol. The minimum atomic E-state index is -0.691. The molecule has 2 N–H and O–H groups in total. The number of amides is 2. The van der Waals surface area contributed by atoms with Crippen molar-refractivity contribution in [2.75, 3.05) is 13.2 Å². The van der Waals surface area contributed by atoms with E-state index in [-0.39, 0.29) is 11.8 Å².